The second kappa shape index (κ2) is 7.18. The van der Waals surface area contributed by atoms with E-state index < -0.39 is 5.97 Å². The maximum atomic E-state index is 10.8. The summed E-state index contributed by atoms with van der Waals surface area (Å²) in [4.78, 5) is 18.8. The SMILES string of the molecule is CC(CC#N)COc1ccc(-c2ncc(C(=O)O)cn2)cc1. The zero-order valence-electron chi connectivity index (χ0n) is 12.1. The lowest BCUT2D eigenvalue weighted by atomic mass is 10.1. The highest BCUT2D eigenvalue weighted by molar-refractivity contribution is 5.86. The van der Waals surface area contributed by atoms with Crippen molar-refractivity contribution in [3.05, 3.63) is 42.2 Å². The van der Waals surface area contributed by atoms with E-state index in [1.54, 1.807) is 24.3 Å². The van der Waals surface area contributed by atoms with E-state index in [9.17, 15) is 4.79 Å². The summed E-state index contributed by atoms with van der Waals surface area (Å²) < 4.78 is 5.59. The van der Waals surface area contributed by atoms with Gasteiger partial charge < -0.3 is 9.84 Å². The van der Waals surface area contributed by atoms with Crippen molar-refractivity contribution in [3.63, 3.8) is 0 Å². The first-order chi connectivity index (χ1) is 10.6. The van der Waals surface area contributed by atoms with Crippen LogP contribution in [0.25, 0.3) is 11.4 Å². The highest BCUT2D eigenvalue weighted by atomic mass is 16.5. The van der Waals surface area contributed by atoms with Crippen LogP contribution >= 0.6 is 0 Å². The molecule has 0 spiro atoms. The fourth-order valence-electron chi connectivity index (χ4n) is 1.74. The number of rotatable bonds is 6. The van der Waals surface area contributed by atoms with Crippen LogP contribution in [0.4, 0.5) is 0 Å². The van der Waals surface area contributed by atoms with Crippen molar-refractivity contribution in [1.82, 2.24) is 9.97 Å². The molecule has 0 saturated carbocycles. The molecule has 2 rings (SSSR count). The molecule has 1 aromatic heterocycles. The molecule has 0 bridgehead atoms. The number of hydrogen-bond donors (Lipinski definition) is 1. The van der Waals surface area contributed by atoms with Crippen LogP contribution in [0.3, 0.4) is 0 Å². The standard InChI is InChI=1S/C16H15N3O3/c1-11(6-7-17)10-22-14-4-2-12(3-5-14)15-18-8-13(9-19-15)16(20)21/h2-5,8-9,11H,6,10H2,1H3,(H,20,21). The lowest BCUT2D eigenvalue weighted by Crippen LogP contribution is -2.07. The lowest BCUT2D eigenvalue weighted by molar-refractivity contribution is 0.0696. The van der Waals surface area contributed by atoms with Crippen molar-refractivity contribution in [1.29, 1.82) is 5.26 Å². The van der Waals surface area contributed by atoms with Gasteiger partial charge in [-0.15, -0.1) is 0 Å². The number of nitriles is 1. The van der Waals surface area contributed by atoms with Crippen LogP contribution < -0.4 is 4.74 Å². The van der Waals surface area contributed by atoms with E-state index in [4.69, 9.17) is 15.1 Å². The van der Waals surface area contributed by atoms with E-state index in [1.165, 1.54) is 12.4 Å². The molecule has 0 fully saturated rings. The van der Waals surface area contributed by atoms with Gasteiger partial charge >= 0.3 is 5.97 Å². The second-order valence-electron chi connectivity index (χ2n) is 4.90. The largest absolute Gasteiger partial charge is 0.493 e. The fraction of sp³-hybridized carbons (Fsp3) is 0.250. The van der Waals surface area contributed by atoms with E-state index in [0.717, 1.165) is 5.56 Å². The summed E-state index contributed by atoms with van der Waals surface area (Å²) >= 11 is 0. The molecule has 0 amide bonds. The number of aromatic nitrogens is 2. The number of hydrogen-bond acceptors (Lipinski definition) is 5. The molecule has 6 heteroatoms. The molecule has 0 saturated heterocycles. The van der Waals surface area contributed by atoms with Crippen LogP contribution in [0, 0.1) is 17.2 Å². The van der Waals surface area contributed by atoms with Gasteiger partial charge in [-0.1, -0.05) is 6.92 Å². The normalized spacial score (nSPS) is 11.5. The van der Waals surface area contributed by atoms with Gasteiger partial charge in [0.15, 0.2) is 5.82 Å². The van der Waals surface area contributed by atoms with Gasteiger partial charge in [0.25, 0.3) is 0 Å². The number of aromatic carboxylic acids is 1. The zero-order valence-corrected chi connectivity index (χ0v) is 12.1. The van der Waals surface area contributed by atoms with Gasteiger partial charge in [0.1, 0.15) is 5.75 Å². The molecule has 1 heterocycles. The molecular formula is C16H15N3O3. The summed E-state index contributed by atoms with van der Waals surface area (Å²) in [5.74, 6) is 0.281. The highest BCUT2D eigenvalue weighted by Gasteiger charge is 2.07. The van der Waals surface area contributed by atoms with E-state index in [1.807, 2.05) is 6.92 Å². The molecule has 22 heavy (non-hydrogen) atoms. The van der Waals surface area contributed by atoms with Gasteiger partial charge in [-0.3, -0.25) is 0 Å². The number of carboxylic acid groups (broad SMARTS) is 1. The number of carbonyl (C=O) groups is 1. The molecular weight excluding hydrogens is 282 g/mol. The van der Waals surface area contributed by atoms with E-state index in [0.29, 0.717) is 24.6 Å². The van der Waals surface area contributed by atoms with Crippen molar-refractivity contribution in [2.45, 2.75) is 13.3 Å². The van der Waals surface area contributed by atoms with E-state index in [2.05, 4.69) is 16.0 Å². The minimum atomic E-state index is -1.05. The third kappa shape index (κ3) is 4.03. The molecule has 0 aliphatic rings. The number of benzene rings is 1. The summed E-state index contributed by atoms with van der Waals surface area (Å²) in [6.45, 7) is 2.44. The monoisotopic (exact) mass is 297 g/mol. The molecule has 1 unspecified atom stereocenters. The van der Waals surface area contributed by atoms with Crippen LogP contribution in [-0.4, -0.2) is 27.7 Å². The van der Waals surface area contributed by atoms with E-state index in [-0.39, 0.29) is 11.5 Å². The van der Waals surface area contributed by atoms with Crippen LogP contribution in [0.2, 0.25) is 0 Å². The Labute approximate surface area is 128 Å². The first kappa shape index (κ1) is 15.4. The predicted molar refractivity (Wildman–Crippen MR) is 79.3 cm³/mol. The van der Waals surface area contributed by atoms with Crippen molar-refractivity contribution in [3.8, 4) is 23.2 Å². The molecule has 1 aromatic carbocycles. The van der Waals surface area contributed by atoms with Crippen LogP contribution in [0.1, 0.15) is 23.7 Å². The Kier molecular flexibility index (Phi) is 5.04. The molecule has 0 radical (unpaired) electrons. The smallest absolute Gasteiger partial charge is 0.338 e. The molecule has 2 aromatic rings. The first-order valence-corrected chi connectivity index (χ1v) is 6.75. The highest BCUT2D eigenvalue weighted by Crippen LogP contribution is 2.20. The van der Waals surface area contributed by atoms with Crippen molar-refractivity contribution >= 4 is 5.97 Å². The minimum absolute atomic E-state index is 0.0511. The van der Waals surface area contributed by atoms with Crippen molar-refractivity contribution < 1.29 is 14.6 Å². The van der Waals surface area contributed by atoms with Crippen LogP contribution in [-0.2, 0) is 0 Å². The predicted octanol–water partition coefficient (Wildman–Crippen LogP) is 2.77. The third-order valence-corrected chi connectivity index (χ3v) is 2.99. The maximum Gasteiger partial charge on any atom is 0.338 e. The van der Waals surface area contributed by atoms with Crippen LogP contribution in [0.15, 0.2) is 36.7 Å². The van der Waals surface area contributed by atoms with Gasteiger partial charge in [-0.2, -0.15) is 5.26 Å². The van der Waals surface area contributed by atoms with Crippen LogP contribution in [0.5, 0.6) is 5.75 Å². The van der Waals surface area contributed by atoms with Gasteiger partial charge in [0.05, 0.1) is 18.2 Å². The number of ether oxygens (including phenoxy) is 1. The Balaban J connectivity index is 2.02. The number of nitrogens with zero attached hydrogens (tertiary/aromatic N) is 3. The van der Waals surface area contributed by atoms with Crippen molar-refractivity contribution in [2.24, 2.45) is 5.92 Å². The summed E-state index contributed by atoms with van der Waals surface area (Å²) in [6.07, 6.45) is 3.01. The fourth-order valence-corrected chi connectivity index (χ4v) is 1.74. The molecule has 6 nitrogen and oxygen atoms in total. The zero-order chi connectivity index (χ0) is 15.9. The Bertz CT molecular complexity index is 675. The van der Waals surface area contributed by atoms with E-state index >= 15 is 0 Å². The lowest BCUT2D eigenvalue weighted by Gasteiger charge is -2.10. The summed E-state index contributed by atoms with van der Waals surface area (Å²) in [7, 11) is 0. The van der Waals surface area contributed by atoms with Gasteiger partial charge in [0, 0.05) is 30.3 Å². The Hall–Kier alpha value is -2.94. The summed E-state index contributed by atoms with van der Waals surface area (Å²) in [5, 5.41) is 17.4. The van der Waals surface area contributed by atoms with Gasteiger partial charge in [-0.05, 0) is 24.3 Å². The summed E-state index contributed by atoms with van der Waals surface area (Å²) in [6, 6.07) is 9.31. The van der Waals surface area contributed by atoms with Crippen molar-refractivity contribution in [2.75, 3.05) is 6.61 Å². The Morgan fingerprint density at radius 1 is 1.32 bits per heavy atom. The topological polar surface area (TPSA) is 96.1 Å². The summed E-state index contributed by atoms with van der Waals surface area (Å²) in [5.41, 5.74) is 0.824. The minimum Gasteiger partial charge on any atom is -0.493 e. The maximum absolute atomic E-state index is 10.8. The molecule has 112 valence electrons. The Morgan fingerprint density at radius 2 is 1.95 bits per heavy atom. The van der Waals surface area contributed by atoms with Gasteiger partial charge in [0.2, 0.25) is 0 Å². The second-order valence-corrected chi connectivity index (χ2v) is 4.90. The molecule has 0 aliphatic heterocycles. The van der Waals surface area contributed by atoms with Gasteiger partial charge in [-0.25, -0.2) is 14.8 Å². The number of carboxylic acids is 1. The first-order valence-electron chi connectivity index (χ1n) is 6.75. The molecule has 1 atom stereocenters. The third-order valence-electron chi connectivity index (χ3n) is 2.99. The quantitative estimate of drug-likeness (QED) is 0.880. The average molecular weight is 297 g/mol. The average Bonchev–Trinajstić information content (AvgIpc) is 2.54. The Morgan fingerprint density at radius 3 is 2.50 bits per heavy atom. The molecule has 0 aliphatic carbocycles. The molecule has 1 N–H and O–H groups in total.